The first-order chi connectivity index (χ1) is 8.15. The van der Waals surface area contributed by atoms with Crippen LogP contribution in [0.25, 0.3) is 0 Å². The number of nitrogens with zero attached hydrogens (tertiary/aromatic N) is 1. The lowest BCUT2D eigenvalue weighted by atomic mass is 10.2. The third-order valence-corrected chi connectivity index (χ3v) is 3.56. The molecule has 2 N–H and O–H groups in total. The van der Waals surface area contributed by atoms with E-state index in [9.17, 15) is 0 Å². The van der Waals surface area contributed by atoms with E-state index in [1.54, 1.807) is 7.11 Å². The van der Waals surface area contributed by atoms with E-state index in [-0.39, 0.29) is 0 Å². The first-order valence-electron chi connectivity index (χ1n) is 4.99. The smallest absolute Gasteiger partial charge is 0.154 e. The summed E-state index contributed by atoms with van der Waals surface area (Å²) in [6.45, 7) is 1.12. The second-order valence-corrected chi connectivity index (χ2v) is 5.01. The zero-order chi connectivity index (χ0) is 12.7. The van der Waals surface area contributed by atoms with Crippen molar-refractivity contribution in [3.05, 3.63) is 33.8 Å². The first-order valence-corrected chi connectivity index (χ1v) is 6.74. The monoisotopic (exact) mass is 292 g/mol. The van der Waals surface area contributed by atoms with Crippen LogP contribution < -0.4 is 5.73 Å². The van der Waals surface area contributed by atoms with Gasteiger partial charge in [0.25, 0.3) is 0 Å². The molecule has 0 saturated heterocycles. The Bertz CT molecular complexity index is 379. The molecule has 1 rings (SSSR count). The average molecular weight is 293 g/mol. The number of nitrogens with two attached hydrogens (primary N) is 1. The van der Waals surface area contributed by atoms with Gasteiger partial charge in [-0.1, -0.05) is 41.0 Å². The molecular formula is C11H14Cl2N2OS. The standard InChI is InChI=1S/C11H14Cl2N2OS/c1-16-6-5-15-11(14)17-7-8-9(12)3-2-4-10(8)13/h2-4H,5-7H2,1H3,(H2,14,15). The second kappa shape index (κ2) is 7.82. The molecule has 1 aromatic rings. The minimum absolute atomic E-state index is 0.512. The number of hydrogen-bond acceptors (Lipinski definition) is 3. The molecule has 0 atom stereocenters. The Labute approximate surface area is 115 Å². The fourth-order valence-corrected chi connectivity index (χ4v) is 2.58. The van der Waals surface area contributed by atoms with Crippen molar-refractivity contribution in [2.24, 2.45) is 10.7 Å². The van der Waals surface area contributed by atoms with E-state index < -0.39 is 0 Å². The highest BCUT2D eigenvalue weighted by Crippen LogP contribution is 2.28. The molecule has 0 heterocycles. The van der Waals surface area contributed by atoms with Crippen molar-refractivity contribution < 1.29 is 4.74 Å². The van der Waals surface area contributed by atoms with Gasteiger partial charge in [-0.25, -0.2) is 0 Å². The van der Waals surface area contributed by atoms with E-state index in [2.05, 4.69) is 4.99 Å². The van der Waals surface area contributed by atoms with E-state index >= 15 is 0 Å². The van der Waals surface area contributed by atoms with Gasteiger partial charge in [0.15, 0.2) is 5.17 Å². The predicted molar refractivity (Wildman–Crippen MR) is 76.1 cm³/mol. The number of benzene rings is 1. The van der Waals surface area contributed by atoms with Crippen molar-refractivity contribution in [3.63, 3.8) is 0 Å². The molecule has 0 aliphatic heterocycles. The van der Waals surface area contributed by atoms with Crippen LogP contribution in [0, 0.1) is 0 Å². The Morgan fingerprint density at radius 3 is 2.65 bits per heavy atom. The molecule has 3 nitrogen and oxygen atoms in total. The van der Waals surface area contributed by atoms with Crippen LogP contribution in [0.4, 0.5) is 0 Å². The van der Waals surface area contributed by atoms with Gasteiger partial charge < -0.3 is 10.5 Å². The highest BCUT2D eigenvalue weighted by atomic mass is 35.5. The number of ether oxygens (including phenoxy) is 1. The number of aliphatic imine (C=N–C) groups is 1. The Morgan fingerprint density at radius 2 is 2.06 bits per heavy atom. The largest absolute Gasteiger partial charge is 0.383 e. The molecule has 0 aromatic heterocycles. The van der Waals surface area contributed by atoms with Gasteiger partial charge in [-0.05, 0) is 17.7 Å². The number of amidine groups is 1. The zero-order valence-corrected chi connectivity index (χ0v) is 11.8. The van der Waals surface area contributed by atoms with E-state index in [4.69, 9.17) is 33.7 Å². The minimum Gasteiger partial charge on any atom is -0.383 e. The molecule has 0 spiro atoms. The van der Waals surface area contributed by atoms with Gasteiger partial charge in [0.2, 0.25) is 0 Å². The number of halogens is 2. The summed E-state index contributed by atoms with van der Waals surface area (Å²) in [6.07, 6.45) is 0. The van der Waals surface area contributed by atoms with Crippen molar-refractivity contribution >= 4 is 40.1 Å². The van der Waals surface area contributed by atoms with E-state index in [1.807, 2.05) is 18.2 Å². The highest BCUT2D eigenvalue weighted by Gasteiger charge is 2.06. The Morgan fingerprint density at radius 1 is 1.41 bits per heavy atom. The third kappa shape index (κ3) is 5.17. The van der Waals surface area contributed by atoms with Gasteiger partial charge in [-0.3, -0.25) is 4.99 Å². The maximum Gasteiger partial charge on any atom is 0.154 e. The number of thioether (sulfide) groups is 1. The fraction of sp³-hybridized carbons (Fsp3) is 0.364. The molecule has 94 valence electrons. The summed E-state index contributed by atoms with van der Waals surface area (Å²) >= 11 is 13.5. The lowest BCUT2D eigenvalue weighted by molar-refractivity contribution is 0.208. The van der Waals surface area contributed by atoms with Crippen LogP contribution in [-0.2, 0) is 10.5 Å². The number of hydrogen-bond donors (Lipinski definition) is 1. The van der Waals surface area contributed by atoms with Crippen LogP contribution in [0.5, 0.6) is 0 Å². The number of rotatable bonds is 5. The lowest BCUT2D eigenvalue weighted by Crippen LogP contribution is -2.09. The number of methoxy groups -OCH3 is 1. The third-order valence-electron chi connectivity index (χ3n) is 1.99. The molecule has 0 aliphatic carbocycles. The maximum absolute atomic E-state index is 6.04. The van der Waals surface area contributed by atoms with Gasteiger partial charge in [0.1, 0.15) is 0 Å². The molecule has 6 heteroatoms. The normalized spacial score (nSPS) is 11.8. The molecule has 0 bridgehead atoms. The van der Waals surface area contributed by atoms with Crippen molar-refractivity contribution in [1.82, 2.24) is 0 Å². The second-order valence-electron chi connectivity index (χ2n) is 3.20. The Hall–Kier alpha value is -0.420. The van der Waals surface area contributed by atoms with Crippen LogP contribution >= 0.6 is 35.0 Å². The van der Waals surface area contributed by atoms with Gasteiger partial charge in [-0.15, -0.1) is 0 Å². The summed E-state index contributed by atoms with van der Waals surface area (Å²) in [7, 11) is 1.63. The van der Waals surface area contributed by atoms with Gasteiger partial charge in [-0.2, -0.15) is 0 Å². The molecule has 0 fully saturated rings. The summed E-state index contributed by atoms with van der Waals surface area (Å²) in [5.74, 6) is 0.612. The molecule has 17 heavy (non-hydrogen) atoms. The van der Waals surface area contributed by atoms with Gasteiger partial charge in [0.05, 0.1) is 13.2 Å². The topological polar surface area (TPSA) is 47.6 Å². The summed E-state index contributed by atoms with van der Waals surface area (Å²) in [5.41, 5.74) is 6.61. The molecule has 1 aromatic carbocycles. The molecule has 0 unspecified atom stereocenters. The van der Waals surface area contributed by atoms with E-state index in [0.717, 1.165) is 5.56 Å². The summed E-state index contributed by atoms with van der Waals surface area (Å²) < 4.78 is 4.88. The van der Waals surface area contributed by atoms with Crippen LogP contribution in [0.3, 0.4) is 0 Å². The van der Waals surface area contributed by atoms with Crippen LogP contribution in [-0.4, -0.2) is 25.4 Å². The predicted octanol–water partition coefficient (Wildman–Crippen LogP) is 3.19. The summed E-state index contributed by atoms with van der Waals surface area (Å²) in [6, 6.07) is 5.43. The highest BCUT2D eigenvalue weighted by molar-refractivity contribution is 8.13. The van der Waals surface area contributed by atoms with E-state index in [0.29, 0.717) is 34.1 Å². The Balaban J connectivity index is 2.52. The zero-order valence-electron chi connectivity index (χ0n) is 9.45. The molecule has 0 saturated carbocycles. The van der Waals surface area contributed by atoms with Crippen LogP contribution in [0.1, 0.15) is 5.56 Å². The minimum atomic E-state index is 0.512. The van der Waals surface area contributed by atoms with Crippen LogP contribution in [0.15, 0.2) is 23.2 Å². The van der Waals surface area contributed by atoms with Gasteiger partial charge >= 0.3 is 0 Å². The van der Waals surface area contributed by atoms with Crippen molar-refractivity contribution in [1.29, 1.82) is 0 Å². The van der Waals surface area contributed by atoms with E-state index in [1.165, 1.54) is 11.8 Å². The lowest BCUT2D eigenvalue weighted by Gasteiger charge is -2.06. The average Bonchev–Trinajstić information content (AvgIpc) is 2.29. The molecule has 0 amide bonds. The van der Waals surface area contributed by atoms with Crippen molar-refractivity contribution in [2.75, 3.05) is 20.3 Å². The summed E-state index contributed by atoms with van der Waals surface area (Å²) in [5, 5.41) is 1.81. The van der Waals surface area contributed by atoms with Gasteiger partial charge in [0, 0.05) is 22.9 Å². The molecule has 0 radical (unpaired) electrons. The van der Waals surface area contributed by atoms with Crippen molar-refractivity contribution in [2.45, 2.75) is 5.75 Å². The quantitative estimate of drug-likeness (QED) is 0.515. The first kappa shape index (κ1) is 14.6. The maximum atomic E-state index is 6.04. The van der Waals surface area contributed by atoms with Crippen LogP contribution in [0.2, 0.25) is 10.0 Å². The van der Waals surface area contributed by atoms with Crippen molar-refractivity contribution in [3.8, 4) is 0 Å². The molecular weight excluding hydrogens is 279 g/mol. The summed E-state index contributed by atoms with van der Waals surface area (Å²) in [4.78, 5) is 4.13. The Kier molecular flexibility index (Phi) is 6.73. The SMILES string of the molecule is COCCN=C(N)SCc1c(Cl)cccc1Cl. The molecule has 0 aliphatic rings. The fourth-order valence-electron chi connectivity index (χ4n) is 1.11.